The van der Waals surface area contributed by atoms with Crippen LogP contribution in [0.2, 0.25) is 0 Å². The van der Waals surface area contributed by atoms with Gasteiger partial charge in [-0.2, -0.15) is 13.1 Å². The number of rotatable bonds is 8. The van der Waals surface area contributed by atoms with E-state index in [0.717, 1.165) is 0 Å². The average molecular weight is 412 g/mol. The Morgan fingerprint density at radius 2 is 1.79 bits per heavy atom. The largest absolute Gasteiger partial charge is 0.435 e. The third kappa shape index (κ3) is 5.49. The summed E-state index contributed by atoms with van der Waals surface area (Å²) < 4.78 is 55.0. The topological polar surface area (TPSA) is 75.7 Å². The molecule has 6 nitrogen and oxygen atoms in total. The molecule has 0 saturated heterocycles. The van der Waals surface area contributed by atoms with Crippen molar-refractivity contribution in [3.05, 3.63) is 59.7 Å². The Labute approximate surface area is 163 Å². The number of hydrogen-bond acceptors (Lipinski definition) is 4. The standard InChI is InChI=1S/C19H22F2N2O4S/c1-13(2)23(3)28(25,26)17-9-7-14(8-10-17)12-22-18(24)15-5-4-6-16(11-15)27-19(20)21/h4-11,13,19H,12H2,1-3H3,(H,22,24). The van der Waals surface area contributed by atoms with Crippen molar-refractivity contribution in [1.82, 2.24) is 9.62 Å². The second-order valence-corrected chi connectivity index (χ2v) is 8.35. The SMILES string of the molecule is CC(C)N(C)S(=O)(=O)c1ccc(CNC(=O)c2cccc(OC(F)F)c2)cc1. The lowest BCUT2D eigenvalue weighted by atomic mass is 10.2. The second kappa shape index (κ2) is 9.11. The van der Waals surface area contributed by atoms with Crippen LogP contribution in [-0.4, -0.2) is 38.3 Å². The Kier molecular flexibility index (Phi) is 7.09. The maximum absolute atomic E-state index is 12.4. The lowest BCUT2D eigenvalue weighted by molar-refractivity contribution is -0.0498. The van der Waals surface area contributed by atoms with E-state index in [-0.39, 0.29) is 28.8 Å². The monoisotopic (exact) mass is 412 g/mol. The number of carbonyl (C=O) groups is 1. The van der Waals surface area contributed by atoms with E-state index in [1.54, 1.807) is 26.0 Å². The van der Waals surface area contributed by atoms with E-state index >= 15 is 0 Å². The summed E-state index contributed by atoms with van der Waals surface area (Å²) >= 11 is 0. The van der Waals surface area contributed by atoms with Gasteiger partial charge >= 0.3 is 6.61 Å². The summed E-state index contributed by atoms with van der Waals surface area (Å²) in [5.74, 6) is -0.567. The average Bonchev–Trinajstić information content (AvgIpc) is 2.65. The first-order chi connectivity index (χ1) is 13.1. The highest BCUT2D eigenvalue weighted by molar-refractivity contribution is 7.89. The van der Waals surface area contributed by atoms with Gasteiger partial charge in [-0.1, -0.05) is 18.2 Å². The summed E-state index contributed by atoms with van der Waals surface area (Å²) in [7, 11) is -2.06. The molecule has 0 atom stereocenters. The summed E-state index contributed by atoms with van der Waals surface area (Å²) in [5, 5.41) is 2.65. The number of sulfonamides is 1. The molecule has 0 aliphatic rings. The predicted octanol–water partition coefficient (Wildman–Crippen LogP) is 3.25. The molecule has 0 aliphatic carbocycles. The fraction of sp³-hybridized carbons (Fsp3) is 0.316. The first kappa shape index (κ1) is 21.8. The molecule has 0 bridgehead atoms. The molecule has 9 heteroatoms. The molecule has 1 N–H and O–H groups in total. The first-order valence-electron chi connectivity index (χ1n) is 8.51. The summed E-state index contributed by atoms with van der Waals surface area (Å²) in [4.78, 5) is 12.4. The quantitative estimate of drug-likeness (QED) is 0.722. The van der Waals surface area contributed by atoms with E-state index in [2.05, 4.69) is 10.1 Å². The van der Waals surface area contributed by atoms with Crippen LogP contribution in [0.4, 0.5) is 8.78 Å². The molecule has 1 amide bonds. The van der Waals surface area contributed by atoms with Crippen LogP contribution >= 0.6 is 0 Å². The zero-order valence-corrected chi connectivity index (χ0v) is 16.5. The third-order valence-corrected chi connectivity index (χ3v) is 6.15. The number of amides is 1. The van der Waals surface area contributed by atoms with Crippen LogP contribution in [0, 0.1) is 0 Å². The van der Waals surface area contributed by atoms with Gasteiger partial charge < -0.3 is 10.1 Å². The molecular formula is C19H22F2N2O4S. The number of alkyl halides is 2. The van der Waals surface area contributed by atoms with E-state index in [1.165, 1.54) is 47.8 Å². The molecule has 0 radical (unpaired) electrons. The Hall–Kier alpha value is -2.52. The summed E-state index contributed by atoms with van der Waals surface area (Å²) in [5.41, 5.74) is 0.871. The van der Waals surface area contributed by atoms with Crippen molar-refractivity contribution in [2.45, 2.75) is 37.9 Å². The van der Waals surface area contributed by atoms with E-state index in [4.69, 9.17) is 0 Å². The molecule has 0 spiro atoms. The van der Waals surface area contributed by atoms with Crippen LogP contribution in [0.1, 0.15) is 29.8 Å². The molecule has 0 heterocycles. The number of carbonyl (C=O) groups excluding carboxylic acids is 1. The molecule has 0 unspecified atom stereocenters. The first-order valence-corrected chi connectivity index (χ1v) is 9.95. The zero-order valence-electron chi connectivity index (χ0n) is 15.7. The van der Waals surface area contributed by atoms with Gasteiger partial charge in [-0.25, -0.2) is 8.42 Å². The van der Waals surface area contributed by atoms with Crippen molar-refractivity contribution in [3.8, 4) is 5.75 Å². The van der Waals surface area contributed by atoms with Crippen LogP contribution in [0.15, 0.2) is 53.4 Å². The van der Waals surface area contributed by atoms with E-state index < -0.39 is 22.5 Å². The molecular weight excluding hydrogens is 390 g/mol. The van der Waals surface area contributed by atoms with Gasteiger partial charge in [-0.05, 0) is 49.7 Å². The molecule has 0 aliphatic heterocycles. The van der Waals surface area contributed by atoms with Crippen LogP contribution in [0.5, 0.6) is 5.75 Å². The summed E-state index contributed by atoms with van der Waals surface area (Å²) in [6, 6.07) is 11.5. The second-order valence-electron chi connectivity index (χ2n) is 6.35. The Morgan fingerprint density at radius 1 is 1.14 bits per heavy atom. The molecule has 28 heavy (non-hydrogen) atoms. The fourth-order valence-electron chi connectivity index (χ4n) is 2.32. The minimum atomic E-state index is -3.57. The van der Waals surface area contributed by atoms with Crippen molar-refractivity contribution in [1.29, 1.82) is 0 Å². The Bertz CT molecular complexity index is 916. The van der Waals surface area contributed by atoms with Gasteiger partial charge in [0.1, 0.15) is 5.75 Å². The maximum Gasteiger partial charge on any atom is 0.387 e. The number of halogens is 2. The van der Waals surface area contributed by atoms with Crippen molar-refractivity contribution in [2.24, 2.45) is 0 Å². The van der Waals surface area contributed by atoms with Crippen LogP contribution < -0.4 is 10.1 Å². The van der Waals surface area contributed by atoms with Gasteiger partial charge in [0.15, 0.2) is 0 Å². The number of nitrogens with one attached hydrogen (secondary N) is 1. The van der Waals surface area contributed by atoms with E-state index in [0.29, 0.717) is 5.56 Å². The predicted molar refractivity (Wildman–Crippen MR) is 101 cm³/mol. The van der Waals surface area contributed by atoms with Crippen LogP contribution in [0.3, 0.4) is 0 Å². The number of hydrogen-bond donors (Lipinski definition) is 1. The van der Waals surface area contributed by atoms with Gasteiger partial charge in [-0.3, -0.25) is 4.79 Å². The highest BCUT2D eigenvalue weighted by Crippen LogP contribution is 2.18. The molecule has 2 rings (SSSR count). The normalized spacial score (nSPS) is 11.9. The number of benzene rings is 2. The van der Waals surface area contributed by atoms with Crippen molar-refractivity contribution >= 4 is 15.9 Å². The zero-order chi connectivity index (χ0) is 20.9. The smallest absolute Gasteiger partial charge is 0.387 e. The van der Waals surface area contributed by atoms with Gasteiger partial charge in [0.25, 0.3) is 5.91 Å². The third-order valence-electron chi connectivity index (χ3n) is 4.10. The maximum atomic E-state index is 12.4. The molecule has 152 valence electrons. The van der Waals surface area contributed by atoms with Crippen molar-refractivity contribution in [2.75, 3.05) is 7.05 Å². The molecule has 0 saturated carbocycles. The highest BCUT2D eigenvalue weighted by Gasteiger charge is 2.22. The van der Waals surface area contributed by atoms with Gasteiger partial charge in [0, 0.05) is 25.2 Å². The minimum Gasteiger partial charge on any atom is -0.435 e. The van der Waals surface area contributed by atoms with Gasteiger partial charge in [-0.15, -0.1) is 0 Å². The van der Waals surface area contributed by atoms with Crippen molar-refractivity contribution in [3.63, 3.8) is 0 Å². The summed E-state index contributed by atoms with van der Waals surface area (Å²) in [6.07, 6.45) is 0. The van der Waals surface area contributed by atoms with E-state index in [1.807, 2.05) is 0 Å². The van der Waals surface area contributed by atoms with Gasteiger partial charge in [0.05, 0.1) is 4.90 Å². The van der Waals surface area contributed by atoms with Gasteiger partial charge in [0.2, 0.25) is 10.0 Å². The van der Waals surface area contributed by atoms with Crippen LogP contribution in [-0.2, 0) is 16.6 Å². The number of ether oxygens (including phenoxy) is 1. The lowest BCUT2D eigenvalue weighted by Crippen LogP contribution is -2.33. The molecule has 0 aromatic heterocycles. The molecule has 0 fully saturated rings. The molecule has 2 aromatic rings. The van der Waals surface area contributed by atoms with Crippen LogP contribution in [0.25, 0.3) is 0 Å². The number of nitrogens with zero attached hydrogens (tertiary/aromatic N) is 1. The lowest BCUT2D eigenvalue weighted by Gasteiger charge is -2.21. The van der Waals surface area contributed by atoms with E-state index in [9.17, 15) is 22.0 Å². The molecule has 2 aromatic carbocycles. The summed E-state index contributed by atoms with van der Waals surface area (Å²) in [6.45, 7) is 0.743. The Morgan fingerprint density at radius 3 is 2.36 bits per heavy atom. The fourth-order valence-corrected chi connectivity index (χ4v) is 3.69. The minimum absolute atomic E-state index is 0.105. The highest BCUT2D eigenvalue weighted by atomic mass is 32.2. The van der Waals surface area contributed by atoms with Crippen molar-refractivity contribution < 1.29 is 26.7 Å². The Balaban J connectivity index is 2.03.